The molecule has 8 nitrogen and oxygen atoms in total. The lowest BCUT2D eigenvalue weighted by Crippen LogP contribution is -2.16. The van der Waals surface area contributed by atoms with E-state index in [9.17, 15) is 27.3 Å². The number of carboxylic acids is 1. The molecule has 210 valence electrons. The maximum absolute atomic E-state index is 14.7. The molecule has 5 rings (SSSR count). The predicted molar refractivity (Wildman–Crippen MR) is 148 cm³/mol. The number of methoxy groups -OCH3 is 1. The number of nitrogens with two attached hydrogens (primary N) is 1. The van der Waals surface area contributed by atoms with Gasteiger partial charge in [-0.05, 0) is 47.0 Å². The van der Waals surface area contributed by atoms with Crippen molar-refractivity contribution >= 4 is 28.3 Å². The smallest absolute Gasteiger partial charge is 0.433 e. The van der Waals surface area contributed by atoms with Crippen LogP contribution in [0.4, 0.5) is 13.2 Å². The Morgan fingerprint density at radius 1 is 1.05 bits per heavy atom. The lowest BCUT2D eigenvalue weighted by Gasteiger charge is -2.12. The summed E-state index contributed by atoms with van der Waals surface area (Å²) in [6.07, 6.45) is -5.04. The van der Waals surface area contributed by atoms with Crippen LogP contribution in [0.15, 0.2) is 83.1 Å². The zero-order chi connectivity index (χ0) is 29.3. The van der Waals surface area contributed by atoms with Crippen LogP contribution in [0.1, 0.15) is 27.3 Å². The van der Waals surface area contributed by atoms with Gasteiger partial charge in [0.25, 0.3) is 0 Å². The number of thiazole rings is 1. The van der Waals surface area contributed by atoms with Gasteiger partial charge in [-0.25, -0.2) is 23.8 Å². The van der Waals surface area contributed by atoms with Crippen LogP contribution in [0.2, 0.25) is 0 Å². The third-order valence-electron chi connectivity index (χ3n) is 6.22. The maximum atomic E-state index is 14.7. The zero-order valence-electron chi connectivity index (χ0n) is 21.3. The van der Waals surface area contributed by atoms with Crippen molar-refractivity contribution in [2.75, 3.05) is 7.11 Å². The van der Waals surface area contributed by atoms with Gasteiger partial charge in [-0.2, -0.15) is 18.3 Å². The van der Waals surface area contributed by atoms with Crippen molar-refractivity contribution in [3.63, 3.8) is 0 Å². The summed E-state index contributed by atoms with van der Waals surface area (Å²) >= 11 is 0.741. The van der Waals surface area contributed by atoms with Crippen LogP contribution in [-0.4, -0.2) is 37.2 Å². The number of aromatic nitrogens is 3. The lowest BCUT2D eigenvalue weighted by molar-refractivity contribution is -0.143. The van der Waals surface area contributed by atoms with Crippen LogP contribution < -0.4 is 9.88 Å². The number of rotatable bonds is 8. The highest BCUT2D eigenvalue weighted by Crippen LogP contribution is 2.40. The molecule has 5 aromatic rings. The average Bonchev–Trinajstić information content (AvgIpc) is 3.59. The van der Waals surface area contributed by atoms with Crippen LogP contribution in [0.25, 0.3) is 27.5 Å². The van der Waals surface area contributed by atoms with E-state index in [4.69, 9.17) is 9.88 Å². The largest absolute Gasteiger partial charge is 0.497 e. The van der Waals surface area contributed by atoms with Gasteiger partial charge in [0.1, 0.15) is 16.7 Å². The highest BCUT2D eigenvalue weighted by molar-refractivity contribution is 7.82. The Balaban J connectivity index is 1.71. The minimum Gasteiger partial charge on any atom is -0.497 e. The van der Waals surface area contributed by atoms with Gasteiger partial charge in [-0.3, -0.25) is 0 Å². The summed E-state index contributed by atoms with van der Waals surface area (Å²) < 4.78 is 61.7. The Morgan fingerprint density at radius 2 is 1.71 bits per heavy atom. The molecule has 2 heterocycles. The molecule has 0 radical (unpaired) electrons. The number of carbonyl (C=O) groups is 1. The van der Waals surface area contributed by atoms with E-state index in [1.807, 2.05) is 24.3 Å². The molecule has 0 saturated carbocycles. The summed E-state index contributed by atoms with van der Waals surface area (Å²) in [6.45, 7) is 0. The third kappa shape index (κ3) is 5.92. The Hall–Kier alpha value is -4.33. The third-order valence-corrected chi connectivity index (χ3v) is 7.77. The van der Waals surface area contributed by atoms with Gasteiger partial charge >= 0.3 is 12.1 Å². The molecule has 1 unspecified atom stereocenters. The lowest BCUT2D eigenvalue weighted by atomic mass is 9.96. The second-order valence-electron chi connectivity index (χ2n) is 8.84. The molecule has 3 N–H and O–H groups in total. The normalized spacial score (nSPS) is 12.3. The molecule has 0 fully saturated rings. The van der Waals surface area contributed by atoms with E-state index < -0.39 is 28.8 Å². The van der Waals surface area contributed by atoms with Crippen LogP contribution in [0, 0.1) is 0 Å². The fourth-order valence-electron chi connectivity index (χ4n) is 4.33. The molecule has 2 aromatic heterocycles. The van der Waals surface area contributed by atoms with Crippen molar-refractivity contribution in [2.24, 2.45) is 5.14 Å². The van der Waals surface area contributed by atoms with E-state index in [0.717, 1.165) is 27.8 Å². The Labute approximate surface area is 238 Å². The number of hydrogen-bond acceptors (Lipinski definition) is 6. The summed E-state index contributed by atoms with van der Waals surface area (Å²) in [7, 11) is -0.201. The number of halogens is 3. The van der Waals surface area contributed by atoms with E-state index >= 15 is 0 Å². The molecular formula is C28H21F3N4O4S2. The summed E-state index contributed by atoms with van der Waals surface area (Å²) in [5.41, 5.74) is 0.903. The molecular weight excluding hydrogens is 577 g/mol. The minimum absolute atomic E-state index is 0.0561. The van der Waals surface area contributed by atoms with Gasteiger partial charge < -0.3 is 9.84 Å². The Morgan fingerprint density at radius 3 is 2.32 bits per heavy atom. The molecule has 0 amide bonds. The summed E-state index contributed by atoms with van der Waals surface area (Å²) in [4.78, 5) is 15.6. The van der Waals surface area contributed by atoms with Gasteiger partial charge in [-0.1, -0.05) is 42.5 Å². The van der Waals surface area contributed by atoms with Gasteiger partial charge in [0.05, 0.1) is 17.7 Å². The van der Waals surface area contributed by atoms with E-state index in [-0.39, 0.29) is 28.5 Å². The number of benzene rings is 3. The average molecular weight is 599 g/mol. The van der Waals surface area contributed by atoms with Crippen LogP contribution in [0.5, 0.6) is 5.75 Å². The quantitative estimate of drug-likeness (QED) is 0.227. The van der Waals surface area contributed by atoms with Crippen LogP contribution in [-0.2, 0) is 23.6 Å². The zero-order valence-corrected chi connectivity index (χ0v) is 22.9. The molecule has 0 bridgehead atoms. The van der Waals surface area contributed by atoms with Crippen molar-refractivity contribution in [3.8, 4) is 33.3 Å². The molecule has 0 spiro atoms. The monoisotopic (exact) mass is 598 g/mol. The van der Waals surface area contributed by atoms with Crippen molar-refractivity contribution in [2.45, 2.75) is 17.5 Å². The molecule has 13 heteroatoms. The highest BCUT2D eigenvalue weighted by Gasteiger charge is 2.41. The fraction of sp³-hybridized carbons (Fsp3) is 0.107. The standard InChI is InChI=1S/C28H21F3N4O4S2/c1-39-20-7-3-5-18(14-20)17-4-2-6-19(13-17)24-22(12-16-8-10-21(11-9-16)41(32)38)25(28(29,30)31)35(34-24)27-33-23(15-40-27)26(36)37/h2-11,13-15H,12,32H2,1H3,(H,36,37). The maximum Gasteiger partial charge on any atom is 0.433 e. The van der Waals surface area contributed by atoms with Crippen LogP contribution in [0.3, 0.4) is 0 Å². The molecule has 0 aliphatic carbocycles. The number of nitrogens with zero attached hydrogens (tertiary/aromatic N) is 3. The minimum atomic E-state index is -4.86. The first-order valence-corrected chi connectivity index (χ1v) is 14.0. The second-order valence-corrected chi connectivity index (χ2v) is 10.7. The first kappa shape index (κ1) is 28.2. The van der Waals surface area contributed by atoms with Crippen molar-refractivity contribution in [3.05, 3.63) is 101 Å². The van der Waals surface area contributed by atoms with Gasteiger partial charge in [0.2, 0.25) is 5.13 Å². The molecule has 0 aliphatic rings. The Bertz CT molecular complexity index is 1760. The summed E-state index contributed by atoms with van der Waals surface area (Å²) in [5.74, 6) is -0.742. The van der Waals surface area contributed by atoms with Crippen molar-refractivity contribution < 1.29 is 32.0 Å². The molecule has 41 heavy (non-hydrogen) atoms. The predicted octanol–water partition coefficient (Wildman–Crippen LogP) is 5.96. The summed E-state index contributed by atoms with van der Waals surface area (Å²) in [6, 6.07) is 20.3. The van der Waals surface area contributed by atoms with E-state index in [1.165, 1.54) is 12.1 Å². The SMILES string of the molecule is COc1cccc(-c2cccc(-c3nn(-c4nc(C(=O)O)cs4)c(C(F)(F)F)c3Cc3ccc(S(N)=O)cc3)c2)c1. The Kier molecular flexibility index (Phi) is 7.76. The topological polar surface area (TPSA) is 120 Å². The van der Waals surface area contributed by atoms with E-state index in [0.29, 0.717) is 26.5 Å². The first-order chi connectivity index (χ1) is 19.5. The van der Waals surface area contributed by atoms with Crippen LogP contribution >= 0.6 is 11.3 Å². The first-order valence-electron chi connectivity index (χ1n) is 11.9. The van der Waals surface area contributed by atoms with E-state index in [1.54, 1.807) is 43.5 Å². The number of carboxylic acid groups (broad SMARTS) is 1. The van der Waals surface area contributed by atoms with E-state index in [2.05, 4.69) is 10.1 Å². The number of ether oxygens (including phenoxy) is 1. The van der Waals surface area contributed by atoms with Gasteiger partial charge in [0.15, 0.2) is 11.4 Å². The fourth-order valence-corrected chi connectivity index (χ4v) is 5.49. The number of alkyl halides is 3. The van der Waals surface area contributed by atoms with Crippen molar-refractivity contribution in [1.29, 1.82) is 0 Å². The van der Waals surface area contributed by atoms with Crippen molar-refractivity contribution in [1.82, 2.24) is 14.8 Å². The second kappa shape index (κ2) is 11.3. The highest BCUT2D eigenvalue weighted by atomic mass is 32.2. The summed E-state index contributed by atoms with van der Waals surface area (Å²) in [5, 5.41) is 20.0. The molecule has 1 atom stereocenters. The number of hydrogen-bond donors (Lipinski definition) is 2. The molecule has 0 aliphatic heterocycles. The number of aromatic carboxylic acids is 1. The molecule has 3 aromatic carbocycles. The van der Waals surface area contributed by atoms with Gasteiger partial charge in [0, 0.05) is 22.9 Å². The van der Waals surface area contributed by atoms with Gasteiger partial charge in [-0.15, -0.1) is 11.3 Å². The molecule has 0 saturated heterocycles.